The van der Waals surface area contributed by atoms with Crippen molar-refractivity contribution in [2.24, 2.45) is 0 Å². The van der Waals surface area contributed by atoms with Crippen LogP contribution in [-0.2, 0) is 0 Å². The Morgan fingerprint density at radius 1 is 1.20 bits per heavy atom. The zero-order chi connectivity index (χ0) is 13.5. The molecule has 1 atom stereocenters. The molecule has 0 bridgehead atoms. The van der Waals surface area contributed by atoms with Gasteiger partial charge < -0.3 is 4.90 Å². The van der Waals surface area contributed by atoms with Gasteiger partial charge in [-0.15, -0.1) is 11.3 Å². The van der Waals surface area contributed by atoms with Crippen LogP contribution in [0.15, 0.2) is 11.4 Å². The highest BCUT2D eigenvalue weighted by atomic mass is 35.5. The average Bonchev–Trinajstić information content (AvgIpc) is 3.02. The molecule has 0 aliphatic carbocycles. The molecule has 4 heterocycles. The quantitative estimate of drug-likeness (QED) is 0.758. The summed E-state index contributed by atoms with van der Waals surface area (Å²) in [6, 6.07) is 2.79. The Kier molecular flexibility index (Phi) is 3.28. The molecule has 2 aromatic heterocycles. The third kappa shape index (κ3) is 2.18. The Bertz CT molecular complexity index is 629. The van der Waals surface area contributed by atoms with Crippen LogP contribution in [0.5, 0.6) is 0 Å². The van der Waals surface area contributed by atoms with Crippen LogP contribution in [0.3, 0.4) is 0 Å². The summed E-state index contributed by atoms with van der Waals surface area (Å²) in [5.74, 6) is 1.02. The van der Waals surface area contributed by atoms with Crippen LogP contribution in [0.1, 0.15) is 19.3 Å². The summed E-state index contributed by atoms with van der Waals surface area (Å²) in [6.07, 6.45) is 3.84. The summed E-state index contributed by atoms with van der Waals surface area (Å²) in [5, 5.41) is 3.58. The molecular weight excluding hydrogens is 292 g/mol. The zero-order valence-corrected chi connectivity index (χ0v) is 12.8. The van der Waals surface area contributed by atoms with E-state index in [9.17, 15) is 0 Å². The maximum absolute atomic E-state index is 6.10. The van der Waals surface area contributed by atoms with Crippen molar-refractivity contribution in [1.82, 2.24) is 14.9 Å². The smallest absolute Gasteiger partial charge is 0.225 e. The zero-order valence-electron chi connectivity index (χ0n) is 11.3. The van der Waals surface area contributed by atoms with Crippen molar-refractivity contribution in [3.63, 3.8) is 0 Å². The molecule has 20 heavy (non-hydrogen) atoms. The minimum absolute atomic E-state index is 0.363. The first-order valence-electron chi connectivity index (χ1n) is 7.21. The summed E-state index contributed by atoms with van der Waals surface area (Å²) in [4.78, 5) is 14.9. The average molecular weight is 309 g/mol. The molecule has 6 heteroatoms. The van der Waals surface area contributed by atoms with E-state index in [1.165, 1.54) is 32.4 Å². The van der Waals surface area contributed by atoms with Gasteiger partial charge in [0.2, 0.25) is 5.28 Å². The Morgan fingerprint density at radius 3 is 3.05 bits per heavy atom. The third-order valence-corrected chi connectivity index (χ3v) is 5.36. The fourth-order valence-corrected chi connectivity index (χ4v) is 4.43. The van der Waals surface area contributed by atoms with Gasteiger partial charge in [-0.3, -0.25) is 4.90 Å². The second-order valence-corrected chi connectivity index (χ2v) is 6.82. The van der Waals surface area contributed by atoms with E-state index in [-0.39, 0.29) is 0 Å². The van der Waals surface area contributed by atoms with Crippen molar-refractivity contribution < 1.29 is 0 Å². The SMILES string of the molecule is Clc1nc(N2CCCN3CCCC3C2)c2ccsc2n1. The maximum atomic E-state index is 6.10. The normalized spacial score (nSPS) is 24.1. The van der Waals surface area contributed by atoms with Gasteiger partial charge in [-0.05, 0) is 48.9 Å². The summed E-state index contributed by atoms with van der Waals surface area (Å²) in [7, 11) is 0. The number of fused-ring (bicyclic) bond motifs is 2. The number of anilines is 1. The topological polar surface area (TPSA) is 32.3 Å². The van der Waals surface area contributed by atoms with Gasteiger partial charge in [-0.1, -0.05) is 0 Å². The fourth-order valence-electron chi connectivity index (χ4n) is 3.45. The van der Waals surface area contributed by atoms with Crippen molar-refractivity contribution >= 4 is 39.0 Å². The monoisotopic (exact) mass is 308 g/mol. The molecule has 0 N–H and O–H groups in total. The Balaban J connectivity index is 1.72. The van der Waals surface area contributed by atoms with Crippen molar-refractivity contribution in [2.45, 2.75) is 25.3 Å². The third-order valence-electron chi connectivity index (χ3n) is 4.38. The van der Waals surface area contributed by atoms with Gasteiger partial charge in [-0.25, -0.2) is 4.98 Å². The molecule has 2 aliphatic heterocycles. The Hall–Kier alpha value is -0.910. The largest absolute Gasteiger partial charge is 0.354 e. The molecule has 2 aliphatic rings. The first-order valence-corrected chi connectivity index (χ1v) is 8.47. The predicted molar refractivity (Wildman–Crippen MR) is 83.9 cm³/mol. The number of hydrogen-bond donors (Lipinski definition) is 0. The Labute approximate surface area is 127 Å². The number of thiophene rings is 1. The number of aromatic nitrogens is 2. The van der Waals surface area contributed by atoms with E-state index in [1.54, 1.807) is 11.3 Å². The van der Waals surface area contributed by atoms with E-state index >= 15 is 0 Å². The van der Waals surface area contributed by atoms with E-state index in [4.69, 9.17) is 11.6 Å². The van der Waals surface area contributed by atoms with Gasteiger partial charge in [0.1, 0.15) is 10.6 Å². The van der Waals surface area contributed by atoms with Crippen LogP contribution in [0.2, 0.25) is 5.28 Å². The highest BCUT2D eigenvalue weighted by molar-refractivity contribution is 7.16. The minimum Gasteiger partial charge on any atom is -0.354 e. The fraction of sp³-hybridized carbons (Fsp3) is 0.571. The van der Waals surface area contributed by atoms with Crippen LogP contribution >= 0.6 is 22.9 Å². The molecule has 0 radical (unpaired) electrons. The summed E-state index contributed by atoms with van der Waals surface area (Å²) in [5.41, 5.74) is 0. The van der Waals surface area contributed by atoms with Crippen LogP contribution in [0.4, 0.5) is 5.82 Å². The molecule has 4 nitrogen and oxygen atoms in total. The van der Waals surface area contributed by atoms with E-state index in [0.29, 0.717) is 11.3 Å². The summed E-state index contributed by atoms with van der Waals surface area (Å²) < 4.78 is 0. The van der Waals surface area contributed by atoms with E-state index in [2.05, 4.69) is 31.2 Å². The van der Waals surface area contributed by atoms with E-state index in [1.807, 2.05) is 0 Å². The van der Waals surface area contributed by atoms with Crippen LogP contribution < -0.4 is 4.90 Å². The van der Waals surface area contributed by atoms with Gasteiger partial charge in [0.15, 0.2) is 0 Å². The molecule has 106 valence electrons. The van der Waals surface area contributed by atoms with Gasteiger partial charge in [0, 0.05) is 25.7 Å². The number of hydrogen-bond acceptors (Lipinski definition) is 5. The number of halogens is 1. The minimum atomic E-state index is 0.363. The van der Waals surface area contributed by atoms with Crippen molar-refractivity contribution in [3.8, 4) is 0 Å². The van der Waals surface area contributed by atoms with Crippen LogP contribution in [0.25, 0.3) is 10.2 Å². The molecule has 0 saturated carbocycles. The lowest BCUT2D eigenvalue weighted by Crippen LogP contribution is -2.37. The predicted octanol–water partition coefficient (Wildman–Crippen LogP) is 3.02. The first kappa shape index (κ1) is 12.8. The lowest BCUT2D eigenvalue weighted by molar-refractivity contribution is 0.273. The molecule has 0 amide bonds. The van der Waals surface area contributed by atoms with E-state index in [0.717, 1.165) is 29.1 Å². The summed E-state index contributed by atoms with van der Waals surface area (Å²) in [6.45, 7) is 4.60. The number of nitrogens with zero attached hydrogens (tertiary/aromatic N) is 4. The van der Waals surface area contributed by atoms with Gasteiger partial charge in [0.05, 0.1) is 5.39 Å². The van der Waals surface area contributed by atoms with Crippen molar-refractivity contribution in [2.75, 3.05) is 31.1 Å². The molecule has 4 rings (SSSR count). The number of rotatable bonds is 1. The van der Waals surface area contributed by atoms with Gasteiger partial charge in [0.25, 0.3) is 0 Å². The second-order valence-electron chi connectivity index (χ2n) is 5.59. The molecule has 2 aromatic rings. The highest BCUT2D eigenvalue weighted by Gasteiger charge is 2.30. The molecular formula is C14H17ClN4S. The lowest BCUT2D eigenvalue weighted by atomic mass is 10.2. The molecule has 2 fully saturated rings. The summed E-state index contributed by atoms with van der Waals surface area (Å²) >= 11 is 7.73. The highest BCUT2D eigenvalue weighted by Crippen LogP contribution is 2.31. The van der Waals surface area contributed by atoms with Crippen molar-refractivity contribution in [1.29, 1.82) is 0 Å². The van der Waals surface area contributed by atoms with Gasteiger partial charge >= 0.3 is 0 Å². The molecule has 2 saturated heterocycles. The van der Waals surface area contributed by atoms with Crippen LogP contribution in [0, 0.1) is 0 Å². The molecule has 0 aromatic carbocycles. The van der Waals surface area contributed by atoms with Crippen molar-refractivity contribution in [3.05, 3.63) is 16.7 Å². The first-order chi connectivity index (χ1) is 9.81. The maximum Gasteiger partial charge on any atom is 0.225 e. The Morgan fingerprint density at radius 2 is 2.10 bits per heavy atom. The van der Waals surface area contributed by atoms with Gasteiger partial charge in [-0.2, -0.15) is 4.98 Å². The standard InChI is InChI=1S/C14H17ClN4S/c15-14-16-12(11-4-8-20-13(11)17-14)19-7-2-6-18-5-1-3-10(18)9-19/h4,8,10H,1-3,5-7,9H2. The molecule has 1 unspecified atom stereocenters. The van der Waals surface area contributed by atoms with E-state index < -0.39 is 0 Å². The lowest BCUT2D eigenvalue weighted by Gasteiger charge is -2.26. The second kappa shape index (κ2) is 5.13. The van der Waals surface area contributed by atoms with Crippen LogP contribution in [-0.4, -0.2) is 47.1 Å². The molecule has 0 spiro atoms.